The van der Waals surface area contributed by atoms with E-state index in [0.29, 0.717) is 25.3 Å². The molecule has 1 aliphatic heterocycles. The van der Waals surface area contributed by atoms with Gasteiger partial charge in [0, 0.05) is 50.2 Å². The first-order chi connectivity index (χ1) is 17.4. The van der Waals surface area contributed by atoms with E-state index in [1.807, 2.05) is 31.3 Å². The number of hydrogen-bond acceptors (Lipinski definition) is 7. The molecule has 200 valence electrons. The molecule has 37 heavy (non-hydrogen) atoms. The van der Waals surface area contributed by atoms with E-state index in [1.165, 1.54) is 0 Å². The van der Waals surface area contributed by atoms with Crippen molar-refractivity contribution in [3.8, 4) is 11.4 Å². The normalized spacial score (nSPS) is 16.6. The summed E-state index contributed by atoms with van der Waals surface area (Å²) >= 11 is 0. The van der Waals surface area contributed by atoms with Crippen LogP contribution in [-0.4, -0.2) is 56.2 Å². The second kappa shape index (κ2) is 10.8. The van der Waals surface area contributed by atoms with E-state index in [2.05, 4.69) is 16.0 Å². The molecule has 0 radical (unpaired) electrons. The average Bonchev–Trinajstić information content (AvgIpc) is 3.20. The van der Waals surface area contributed by atoms with E-state index in [0.717, 1.165) is 40.8 Å². The lowest BCUT2D eigenvalue weighted by molar-refractivity contribution is -0.160. The molecule has 1 fully saturated rings. The summed E-state index contributed by atoms with van der Waals surface area (Å²) in [5.74, 6) is 0.337. The van der Waals surface area contributed by atoms with Crippen LogP contribution in [0.5, 0.6) is 0 Å². The Hall–Kier alpha value is -3.01. The average molecular weight is 511 g/mol. The molecule has 0 spiro atoms. The summed E-state index contributed by atoms with van der Waals surface area (Å²) in [7, 11) is 1.76. The fourth-order valence-electron chi connectivity index (χ4n) is 4.81. The number of aliphatic hydroxyl groups excluding tert-OH is 1. The molecule has 0 aliphatic carbocycles. The van der Waals surface area contributed by atoms with E-state index < -0.39 is 23.7 Å². The van der Waals surface area contributed by atoms with Crippen LogP contribution in [0, 0.1) is 6.92 Å². The number of aryl methyl sites for hydroxylation is 2. The van der Waals surface area contributed by atoms with Gasteiger partial charge in [0.2, 0.25) is 0 Å². The van der Waals surface area contributed by atoms with Crippen LogP contribution >= 0.6 is 0 Å². The van der Waals surface area contributed by atoms with Gasteiger partial charge in [-0.2, -0.15) is 0 Å². The van der Waals surface area contributed by atoms with Crippen molar-refractivity contribution >= 4 is 17.0 Å². The minimum Gasteiger partial charge on any atom is -0.459 e. The monoisotopic (exact) mass is 510 g/mol. The number of hydrogen-bond donors (Lipinski definition) is 2. The zero-order valence-electron chi connectivity index (χ0n) is 22.6. The number of ether oxygens (including phenoxy) is 2. The van der Waals surface area contributed by atoms with Crippen molar-refractivity contribution in [1.82, 2.24) is 19.4 Å². The van der Waals surface area contributed by atoms with Crippen LogP contribution in [0.4, 0.5) is 0 Å². The lowest BCUT2D eigenvalue weighted by Gasteiger charge is -2.26. The highest BCUT2D eigenvalue weighted by atomic mass is 16.6. The van der Waals surface area contributed by atoms with Crippen LogP contribution in [0.15, 0.2) is 35.3 Å². The number of rotatable bonds is 7. The third-order valence-corrected chi connectivity index (χ3v) is 6.60. The second-order valence-corrected chi connectivity index (χ2v) is 10.9. The summed E-state index contributed by atoms with van der Waals surface area (Å²) in [6.45, 7) is 10.6. The van der Waals surface area contributed by atoms with Crippen molar-refractivity contribution in [2.24, 2.45) is 7.05 Å². The highest BCUT2D eigenvalue weighted by Gasteiger charge is 2.29. The minimum absolute atomic E-state index is 0.0245. The van der Waals surface area contributed by atoms with Crippen molar-refractivity contribution in [2.75, 3.05) is 13.2 Å². The predicted molar refractivity (Wildman–Crippen MR) is 142 cm³/mol. The van der Waals surface area contributed by atoms with Gasteiger partial charge >= 0.3 is 5.97 Å². The number of imidazole rings is 1. The molecule has 1 aromatic carbocycles. The molecule has 0 saturated carbocycles. The first kappa shape index (κ1) is 27.0. The van der Waals surface area contributed by atoms with Gasteiger partial charge in [-0.1, -0.05) is 6.07 Å². The first-order valence-electron chi connectivity index (χ1n) is 12.8. The Labute approximate surface area is 217 Å². The number of benzene rings is 1. The molecule has 2 aromatic heterocycles. The van der Waals surface area contributed by atoms with Crippen LogP contribution in [0.3, 0.4) is 0 Å². The summed E-state index contributed by atoms with van der Waals surface area (Å²) in [6, 6.07) is 7.29. The van der Waals surface area contributed by atoms with Crippen molar-refractivity contribution in [3.63, 3.8) is 0 Å². The number of nitrogens with one attached hydrogen (secondary N) is 1. The number of pyridine rings is 1. The molecule has 3 aromatic rings. The van der Waals surface area contributed by atoms with Gasteiger partial charge in [0.15, 0.2) is 0 Å². The SMILES string of the molecule is Cc1cc(-c2nc3ccc(CNC(C(=O)OC(C)(C)C)C(C)O)cc3n2C2CCOCC2)cn(C)c1=O. The summed E-state index contributed by atoms with van der Waals surface area (Å²) < 4.78 is 15.0. The molecule has 1 saturated heterocycles. The molecule has 2 N–H and O–H groups in total. The molecule has 0 bridgehead atoms. The number of nitrogens with zero attached hydrogens (tertiary/aromatic N) is 3. The minimum atomic E-state index is -0.911. The third-order valence-electron chi connectivity index (χ3n) is 6.60. The van der Waals surface area contributed by atoms with Gasteiger partial charge in [0.05, 0.1) is 17.1 Å². The molecule has 9 heteroatoms. The van der Waals surface area contributed by atoms with Gasteiger partial charge in [-0.3, -0.25) is 14.9 Å². The second-order valence-electron chi connectivity index (χ2n) is 10.9. The van der Waals surface area contributed by atoms with Gasteiger partial charge in [-0.15, -0.1) is 0 Å². The first-order valence-corrected chi connectivity index (χ1v) is 12.8. The third kappa shape index (κ3) is 6.11. The topological polar surface area (TPSA) is 108 Å². The Bertz CT molecular complexity index is 1300. The molecule has 1 aliphatic rings. The van der Waals surface area contributed by atoms with Gasteiger partial charge < -0.3 is 23.7 Å². The number of carbonyl (C=O) groups is 1. The standard InChI is InChI=1S/C28H38N4O5/c1-17-13-20(16-31(6)26(17)34)25-30-22-8-7-19(14-23(22)32(25)21-9-11-36-12-10-21)15-29-24(18(2)33)27(35)37-28(3,4)5/h7-8,13-14,16,18,21,24,29,33H,9-12,15H2,1-6H3. The molecule has 9 nitrogen and oxygen atoms in total. The van der Waals surface area contributed by atoms with E-state index >= 15 is 0 Å². The molecular formula is C28H38N4O5. The lowest BCUT2D eigenvalue weighted by atomic mass is 10.1. The fraction of sp³-hybridized carbons (Fsp3) is 0.536. The summed E-state index contributed by atoms with van der Waals surface area (Å²) in [5, 5.41) is 13.4. The maximum atomic E-state index is 12.6. The predicted octanol–water partition coefficient (Wildman–Crippen LogP) is 3.24. The van der Waals surface area contributed by atoms with Crippen molar-refractivity contribution in [1.29, 1.82) is 0 Å². The van der Waals surface area contributed by atoms with Crippen molar-refractivity contribution in [3.05, 3.63) is 51.9 Å². The van der Waals surface area contributed by atoms with E-state index in [1.54, 1.807) is 39.3 Å². The molecular weight excluding hydrogens is 472 g/mol. The Morgan fingerprint density at radius 1 is 1.27 bits per heavy atom. The van der Waals surface area contributed by atoms with E-state index in [9.17, 15) is 14.7 Å². The van der Waals surface area contributed by atoms with E-state index in [4.69, 9.17) is 14.5 Å². The largest absolute Gasteiger partial charge is 0.459 e. The maximum Gasteiger partial charge on any atom is 0.326 e. The number of esters is 1. The van der Waals surface area contributed by atoms with Gasteiger partial charge in [0.1, 0.15) is 17.5 Å². The van der Waals surface area contributed by atoms with E-state index in [-0.39, 0.29) is 11.6 Å². The van der Waals surface area contributed by atoms with Crippen molar-refractivity contribution in [2.45, 2.75) is 77.8 Å². The Morgan fingerprint density at radius 3 is 2.59 bits per heavy atom. The number of aromatic nitrogens is 3. The van der Waals surface area contributed by atoms with Crippen LogP contribution < -0.4 is 10.9 Å². The highest BCUT2D eigenvalue weighted by molar-refractivity contribution is 5.82. The number of aliphatic hydroxyl groups is 1. The molecule has 3 heterocycles. The zero-order chi connectivity index (χ0) is 26.9. The van der Waals surface area contributed by atoms with Gasteiger partial charge in [0.25, 0.3) is 5.56 Å². The lowest BCUT2D eigenvalue weighted by Crippen LogP contribution is -2.47. The van der Waals surface area contributed by atoms with Crippen molar-refractivity contribution < 1.29 is 19.4 Å². The maximum absolute atomic E-state index is 12.6. The van der Waals surface area contributed by atoms with Crippen LogP contribution in [0.25, 0.3) is 22.4 Å². The smallest absolute Gasteiger partial charge is 0.326 e. The van der Waals surface area contributed by atoms with Crippen LogP contribution in [0.1, 0.15) is 57.7 Å². The Morgan fingerprint density at radius 2 is 1.97 bits per heavy atom. The quantitative estimate of drug-likeness (QED) is 0.470. The Balaban J connectivity index is 1.71. The van der Waals surface area contributed by atoms with Gasteiger partial charge in [-0.05, 0) is 71.2 Å². The summed E-state index contributed by atoms with van der Waals surface area (Å²) in [5.41, 5.74) is 3.69. The number of fused-ring (bicyclic) bond motifs is 1. The van der Waals surface area contributed by atoms with Crippen LogP contribution in [-0.2, 0) is 27.9 Å². The summed E-state index contributed by atoms with van der Waals surface area (Å²) in [6.07, 6.45) is 2.66. The molecule has 0 amide bonds. The molecule has 2 unspecified atom stereocenters. The van der Waals surface area contributed by atoms with Crippen LogP contribution in [0.2, 0.25) is 0 Å². The Kier molecular flexibility index (Phi) is 7.87. The van der Waals surface area contributed by atoms with Gasteiger partial charge in [-0.25, -0.2) is 4.98 Å². The molecule has 2 atom stereocenters. The number of carbonyl (C=O) groups excluding carboxylic acids is 1. The fourth-order valence-corrected chi connectivity index (χ4v) is 4.81. The highest BCUT2D eigenvalue weighted by Crippen LogP contribution is 2.33. The molecule has 4 rings (SSSR count). The zero-order valence-corrected chi connectivity index (χ0v) is 22.6. The summed E-state index contributed by atoms with van der Waals surface area (Å²) in [4.78, 5) is 29.9.